The van der Waals surface area contributed by atoms with Gasteiger partial charge in [0.2, 0.25) is 0 Å². The van der Waals surface area contributed by atoms with Crippen LogP contribution >= 0.6 is 0 Å². The summed E-state index contributed by atoms with van der Waals surface area (Å²) in [7, 11) is 0. The Morgan fingerprint density at radius 3 is 2.74 bits per heavy atom. The minimum Gasteiger partial charge on any atom is -0.338 e. The van der Waals surface area contributed by atoms with Crippen molar-refractivity contribution in [2.45, 2.75) is 33.2 Å². The molecule has 6 heteroatoms. The Labute approximate surface area is 135 Å². The average molecular weight is 308 g/mol. The molecule has 0 radical (unpaired) electrons. The molecule has 3 aromatic heterocycles. The molecule has 3 heterocycles. The van der Waals surface area contributed by atoms with Crippen molar-refractivity contribution in [2.24, 2.45) is 0 Å². The van der Waals surface area contributed by atoms with Gasteiger partial charge in [0, 0.05) is 30.2 Å². The molecular weight excluding hydrogens is 288 g/mol. The smallest absolute Gasteiger partial charge is 0.180 e. The van der Waals surface area contributed by atoms with Crippen molar-refractivity contribution >= 4 is 11.5 Å². The van der Waals surface area contributed by atoms with Gasteiger partial charge in [0.05, 0.1) is 11.9 Å². The third-order valence-corrected chi connectivity index (χ3v) is 3.44. The van der Waals surface area contributed by atoms with Gasteiger partial charge in [-0.3, -0.25) is 9.67 Å². The van der Waals surface area contributed by atoms with Crippen LogP contribution in [0.25, 0.3) is 11.5 Å². The van der Waals surface area contributed by atoms with E-state index in [4.69, 9.17) is 0 Å². The second kappa shape index (κ2) is 6.56. The predicted octanol–water partition coefficient (Wildman–Crippen LogP) is 3.62. The Morgan fingerprint density at radius 2 is 2.09 bits per heavy atom. The van der Waals surface area contributed by atoms with Gasteiger partial charge in [0.15, 0.2) is 5.82 Å². The highest BCUT2D eigenvalue weighted by Crippen LogP contribution is 2.20. The molecule has 0 bridgehead atoms. The lowest BCUT2D eigenvalue weighted by molar-refractivity contribution is 0.532. The standard InChI is InChI=1S/C17H20N6/c1-4-13-9-16(20-14-10-19-23(11-14)12(2)3)22-17(21-13)15-7-5-6-8-18-15/h5-12H,4H2,1-3H3,(H,20,21,22). The van der Waals surface area contributed by atoms with Crippen LogP contribution in [0.4, 0.5) is 11.5 Å². The minimum absolute atomic E-state index is 0.325. The van der Waals surface area contributed by atoms with Crippen molar-refractivity contribution in [3.05, 3.63) is 48.5 Å². The lowest BCUT2D eigenvalue weighted by Crippen LogP contribution is -2.02. The van der Waals surface area contributed by atoms with Crippen LogP contribution in [-0.4, -0.2) is 24.7 Å². The quantitative estimate of drug-likeness (QED) is 0.779. The number of aryl methyl sites for hydroxylation is 1. The summed E-state index contributed by atoms with van der Waals surface area (Å²) in [6.45, 7) is 6.26. The zero-order valence-corrected chi connectivity index (χ0v) is 13.6. The summed E-state index contributed by atoms with van der Waals surface area (Å²) in [6.07, 6.45) is 6.35. The summed E-state index contributed by atoms with van der Waals surface area (Å²) < 4.78 is 1.91. The average Bonchev–Trinajstić information content (AvgIpc) is 3.04. The molecule has 0 saturated heterocycles. The molecule has 0 aliphatic carbocycles. The third-order valence-electron chi connectivity index (χ3n) is 3.44. The Morgan fingerprint density at radius 1 is 1.22 bits per heavy atom. The molecule has 3 aromatic rings. The van der Waals surface area contributed by atoms with Crippen molar-refractivity contribution < 1.29 is 0 Å². The van der Waals surface area contributed by atoms with Crippen molar-refractivity contribution in [3.63, 3.8) is 0 Å². The molecule has 0 aliphatic heterocycles. The number of hydrogen-bond acceptors (Lipinski definition) is 5. The summed E-state index contributed by atoms with van der Waals surface area (Å²) in [5.41, 5.74) is 2.65. The maximum atomic E-state index is 4.58. The molecule has 0 aliphatic rings. The first-order valence-corrected chi connectivity index (χ1v) is 7.76. The molecule has 6 nitrogen and oxygen atoms in total. The van der Waals surface area contributed by atoms with E-state index in [2.05, 4.69) is 46.1 Å². The van der Waals surface area contributed by atoms with Gasteiger partial charge in [-0.25, -0.2) is 9.97 Å². The summed E-state index contributed by atoms with van der Waals surface area (Å²) in [4.78, 5) is 13.5. The maximum absolute atomic E-state index is 4.58. The van der Waals surface area contributed by atoms with Crippen LogP contribution in [0.2, 0.25) is 0 Å². The first kappa shape index (κ1) is 15.1. The minimum atomic E-state index is 0.325. The summed E-state index contributed by atoms with van der Waals surface area (Å²) in [6, 6.07) is 8.01. The number of aromatic nitrogens is 5. The Hall–Kier alpha value is -2.76. The molecule has 1 N–H and O–H groups in total. The first-order valence-electron chi connectivity index (χ1n) is 7.76. The number of anilines is 2. The maximum Gasteiger partial charge on any atom is 0.180 e. The Balaban J connectivity index is 1.92. The molecule has 0 aromatic carbocycles. The van der Waals surface area contributed by atoms with Gasteiger partial charge in [-0.15, -0.1) is 0 Å². The summed E-state index contributed by atoms with van der Waals surface area (Å²) in [5.74, 6) is 1.38. The molecule has 0 amide bonds. The molecule has 0 fully saturated rings. The number of rotatable bonds is 5. The highest BCUT2D eigenvalue weighted by Gasteiger charge is 2.08. The van der Waals surface area contributed by atoms with E-state index in [-0.39, 0.29) is 0 Å². The van der Waals surface area contributed by atoms with Crippen LogP contribution in [-0.2, 0) is 6.42 Å². The SMILES string of the molecule is CCc1cc(Nc2cnn(C(C)C)c2)nc(-c2ccccn2)n1. The summed E-state index contributed by atoms with van der Waals surface area (Å²) in [5, 5.41) is 7.64. The molecule has 23 heavy (non-hydrogen) atoms. The van der Waals surface area contributed by atoms with E-state index in [1.54, 1.807) is 12.4 Å². The lowest BCUT2D eigenvalue weighted by atomic mass is 10.2. The van der Waals surface area contributed by atoms with Crippen molar-refractivity contribution in [3.8, 4) is 11.5 Å². The van der Waals surface area contributed by atoms with E-state index >= 15 is 0 Å². The van der Waals surface area contributed by atoms with Crippen molar-refractivity contribution in [1.29, 1.82) is 0 Å². The molecule has 0 saturated carbocycles. The van der Waals surface area contributed by atoms with Crippen molar-refractivity contribution in [2.75, 3.05) is 5.32 Å². The lowest BCUT2D eigenvalue weighted by Gasteiger charge is -2.08. The molecule has 0 unspecified atom stereocenters. The fourth-order valence-corrected chi connectivity index (χ4v) is 2.19. The molecule has 118 valence electrons. The fraction of sp³-hybridized carbons (Fsp3) is 0.294. The van der Waals surface area contributed by atoms with E-state index in [0.29, 0.717) is 11.9 Å². The van der Waals surface area contributed by atoms with Crippen LogP contribution in [0.5, 0.6) is 0 Å². The summed E-state index contributed by atoms with van der Waals surface area (Å²) >= 11 is 0. The monoisotopic (exact) mass is 308 g/mol. The fourth-order valence-electron chi connectivity index (χ4n) is 2.19. The van der Waals surface area contributed by atoms with Crippen LogP contribution < -0.4 is 5.32 Å². The number of pyridine rings is 1. The third kappa shape index (κ3) is 3.53. The van der Waals surface area contributed by atoms with Gasteiger partial charge in [-0.2, -0.15) is 5.10 Å². The molecule has 0 spiro atoms. The van der Waals surface area contributed by atoms with Gasteiger partial charge in [0.25, 0.3) is 0 Å². The van der Waals surface area contributed by atoms with E-state index in [9.17, 15) is 0 Å². The van der Waals surface area contributed by atoms with Crippen LogP contribution in [0.1, 0.15) is 32.5 Å². The Bertz CT molecular complexity index is 779. The molecule has 3 rings (SSSR count). The molecule has 0 atom stereocenters. The first-order chi connectivity index (χ1) is 11.2. The van der Waals surface area contributed by atoms with Crippen LogP contribution in [0, 0.1) is 0 Å². The van der Waals surface area contributed by atoms with Gasteiger partial charge >= 0.3 is 0 Å². The van der Waals surface area contributed by atoms with Gasteiger partial charge in [-0.1, -0.05) is 13.0 Å². The number of nitrogens with one attached hydrogen (secondary N) is 1. The predicted molar refractivity (Wildman–Crippen MR) is 90.5 cm³/mol. The largest absolute Gasteiger partial charge is 0.338 e. The second-order valence-corrected chi connectivity index (χ2v) is 5.56. The highest BCUT2D eigenvalue weighted by atomic mass is 15.3. The zero-order valence-electron chi connectivity index (χ0n) is 13.6. The van der Waals surface area contributed by atoms with Crippen LogP contribution in [0.15, 0.2) is 42.9 Å². The van der Waals surface area contributed by atoms with E-state index in [1.807, 2.05) is 35.1 Å². The zero-order chi connectivity index (χ0) is 16.2. The van der Waals surface area contributed by atoms with Crippen molar-refractivity contribution in [1.82, 2.24) is 24.7 Å². The van der Waals surface area contributed by atoms with Gasteiger partial charge in [-0.05, 0) is 32.4 Å². The molecular formula is C17H20N6. The van der Waals surface area contributed by atoms with E-state index < -0.39 is 0 Å². The van der Waals surface area contributed by atoms with Gasteiger partial charge < -0.3 is 5.32 Å². The van der Waals surface area contributed by atoms with Crippen LogP contribution in [0.3, 0.4) is 0 Å². The number of hydrogen-bond donors (Lipinski definition) is 1. The second-order valence-electron chi connectivity index (χ2n) is 5.56. The number of nitrogens with zero attached hydrogens (tertiary/aromatic N) is 5. The van der Waals surface area contributed by atoms with E-state index in [0.717, 1.165) is 29.3 Å². The topological polar surface area (TPSA) is 68.5 Å². The highest BCUT2D eigenvalue weighted by molar-refractivity contribution is 5.58. The van der Waals surface area contributed by atoms with E-state index in [1.165, 1.54) is 0 Å². The Kier molecular flexibility index (Phi) is 4.32. The normalized spacial score (nSPS) is 11.0. The van der Waals surface area contributed by atoms with Gasteiger partial charge in [0.1, 0.15) is 11.5 Å².